The van der Waals surface area contributed by atoms with Crippen LogP contribution in [0.4, 0.5) is 0 Å². The summed E-state index contributed by atoms with van der Waals surface area (Å²) in [6, 6.07) is 13.6. The van der Waals surface area contributed by atoms with Crippen LogP contribution in [-0.2, 0) is 11.3 Å². The molecule has 1 fully saturated rings. The number of hydrogen-bond donors (Lipinski definition) is 0. The normalized spacial score (nSPS) is 14.1. The van der Waals surface area contributed by atoms with Crippen LogP contribution >= 0.6 is 0 Å². The van der Waals surface area contributed by atoms with Crippen molar-refractivity contribution in [3.63, 3.8) is 0 Å². The molecule has 1 aliphatic heterocycles. The zero-order valence-corrected chi connectivity index (χ0v) is 17.2. The molecule has 4 heterocycles. The van der Waals surface area contributed by atoms with Crippen LogP contribution in [0.1, 0.15) is 25.0 Å². The molecule has 3 aromatic heterocycles. The zero-order valence-electron chi connectivity index (χ0n) is 17.2. The second-order valence-corrected chi connectivity index (χ2v) is 7.65. The van der Waals surface area contributed by atoms with Gasteiger partial charge in [-0.3, -0.25) is 4.79 Å². The number of amides is 1. The number of nitrogens with zero attached hydrogens (tertiary/aromatic N) is 6. The maximum Gasteiger partial charge on any atom is 0.260 e. The Hall–Kier alpha value is -3.68. The lowest BCUT2D eigenvalue weighted by atomic mass is 10.1. The second kappa shape index (κ2) is 8.59. The van der Waals surface area contributed by atoms with E-state index in [1.165, 1.54) is 6.42 Å². The molecule has 8 heteroatoms. The Morgan fingerprint density at radius 3 is 2.77 bits per heavy atom. The quantitative estimate of drug-likeness (QED) is 0.483. The number of ether oxygens (including phenoxy) is 1. The fraction of sp³-hybridized carbons (Fsp3) is 0.304. The summed E-state index contributed by atoms with van der Waals surface area (Å²) in [6.07, 6.45) is 8.58. The van der Waals surface area contributed by atoms with Gasteiger partial charge in [0.1, 0.15) is 17.9 Å². The number of likely N-dealkylation sites (tertiary alicyclic amines) is 1. The van der Waals surface area contributed by atoms with Crippen molar-refractivity contribution < 1.29 is 9.53 Å². The van der Waals surface area contributed by atoms with Crippen molar-refractivity contribution in [1.29, 1.82) is 0 Å². The van der Waals surface area contributed by atoms with E-state index >= 15 is 0 Å². The highest BCUT2D eigenvalue weighted by atomic mass is 16.5. The van der Waals surface area contributed by atoms with Gasteiger partial charge in [0.05, 0.1) is 17.8 Å². The molecule has 0 aliphatic carbocycles. The van der Waals surface area contributed by atoms with Crippen molar-refractivity contribution in [1.82, 2.24) is 29.0 Å². The maximum atomic E-state index is 12.5. The van der Waals surface area contributed by atoms with Crippen LogP contribution in [-0.4, -0.2) is 54.7 Å². The highest BCUT2D eigenvalue weighted by Gasteiger charge is 2.18. The first-order valence-corrected chi connectivity index (χ1v) is 10.6. The minimum absolute atomic E-state index is 0.0377. The fourth-order valence-corrected chi connectivity index (χ4v) is 4.03. The molecule has 0 N–H and O–H groups in total. The predicted molar refractivity (Wildman–Crippen MR) is 116 cm³/mol. The predicted octanol–water partition coefficient (Wildman–Crippen LogP) is 3.03. The van der Waals surface area contributed by atoms with Crippen LogP contribution in [0.2, 0.25) is 0 Å². The van der Waals surface area contributed by atoms with E-state index in [4.69, 9.17) is 4.74 Å². The van der Waals surface area contributed by atoms with Gasteiger partial charge in [0.25, 0.3) is 5.91 Å². The van der Waals surface area contributed by atoms with Gasteiger partial charge >= 0.3 is 0 Å². The van der Waals surface area contributed by atoms with Gasteiger partial charge in [-0.05, 0) is 43.5 Å². The number of rotatable bonds is 6. The van der Waals surface area contributed by atoms with Crippen LogP contribution in [0.15, 0.2) is 61.2 Å². The SMILES string of the molecule is O=C(COc1ccccc1-c1nccn1Cc1cccc2ncnn12)N1CCCCC1. The second-order valence-electron chi connectivity index (χ2n) is 7.65. The van der Waals surface area contributed by atoms with Crippen molar-refractivity contribution in [3.8, 4) is 17.1 Å². The molecule has 4 aromatic rings. The summed E-state index contributed by atoms with van der Waals surface area (Å²) in [6.45, 7) is 2.26. The third kappa shape index (κ3) is 4.01. The van der Waals surface area contributed by atoms with E-state index in [1.54, 1.807) is 12.5 Å². The van der Waals surface area contributed by atoms with Crippen molar-refractivity contribution in [3.05, 3.63) is 66.9 Å². The molecule has 8 nitrogen and oxygen atoms in total. The molecule has 0 atom stereocenters. The van der Waals surface area contributed by atoms with Gasteiger partial charge in [0.2, 0.25) is 0 Å². The van der Waals surface area contributed by atoms with Gasteiger partial charge in [0, 0.05) is 25.5 Å². The molecule has 1 saturated heterocycles. The van der Waals surface area contributed by atoms with E-state index in [0.717, 1.165) is 48.7 Å². The molecule has 1 aromatic carbocycles. The number of para-hydroxylation sites is 1. The highest BCUT2D eigenvalue weighted by Crippen LogP contribution is 2.29. The Bertz CT molecular complexity index is 1190. The summed E-state index contributed by atoms with van der Waals surface area (Å²) in [5.41, 5.74) is 2.65. The van der Waals surface area contributed by atoms with Crippen LogP contribution in [0.3, 0.4) is 0 Å². The molecule has 0 unspecified atom stereocenters. The summed E-state index contributed by atoms with van der Waals surface area (Å²) in [4.78, 5) is 23.3. The number of hydrogen-bond acceptors (Lipinski definition) is 5. The first kappa shape index (κ1) is 19.3. The van der Waals surface area contributed by atoms with E-state index in [-0.39, 0.29) is 12.5 Å². The minimum Gasteiger partial charge on any atom is -0.483 e. The average Bonchev–Trinajstić information content (AvgIpc) is 3.48. The summed E-state index contributed by atoms with van der Waals surface area (Å²) in [5, 5.41) is 4.32. The standard InChI is InChI=1S/C23H24N6O2/c30-22(27-12-4-1-5-13-27)16-31-20-9-3-2-8-19(20)23-24-11-14-28(23)15-18-7-6-10-21-25-17-26-29(18)21/h2-3,6-11,14,17H,1,4-5,12-13,15-16H2. The van der Waals surface area contributed by atoms with Crippen LogP contribution < -0.4 is 4.74 Å². The summed E-state index contributed by atoms with van der Waals surface area (Å²) in [7, 11) is 0. The molecular formula is C23H24N6O2. The lowest BCUT2D eigenvalue weighted by Crippen LogP contribution is -2.38. The molecule has 0 spiro atoms. The van der Waals surface area contributed by atoms with Crippen LogP contribution in [0.5, 0.6) is 5.75 Å². The number of piperidine rings is 1. The van der Waals surface area contributed by atoms with Crippen LogP contribution in [0.25, 0.3) is 17.0 Å². The van der Waals surface area contributed by atoms with Crippen molar-refractivity contribution in [2.45, 2.75) is 25.8 Å². The number of carbonyl (C=O) groups excluding carboxylic acids is 1. The molecule has 1 amide bonds. The molecule has 31 heavy (non-hydrogen) atoms. The third-order valence-electron chi connectivity index (χ3n) is 5.62. The smallest absolute Gasteiger partial charge is 0.260 e. The van der Waals surface area contributed by atoms with Gasteiger partial charge in [-0.1, -0.05) is 18.2 Å². The van der Waals surface area contributed by atoms with Gasteiger partial charge in [0.15, 0.2) is 12.3 Å². The topological polar surface area (TPSA) is 77.5 Å². The number of imidazole rings is 1. The highest BCUT2D eigenvalue weighted by molar-refractivity contribution is 5.78. The zero-order chi connectivity index (χ0) is 21.0. The lowest BCUT2D eigenvalue weighted by Gasteiger charge is -2.26. The van der Waals surface area contributed by atoms with E-state index < -0.39 is 0 Å². The number of fused-ring (bicyclic) bond motifs is 1. The van der Waals surface area contributed by atoms with Crippen molar-refractivity contribution in [2.75, 3.05) is 19.7 Å². The molecular weight excluding hydrogens is 392 g/mol. The van der Waals surface area contributed by atoms with Crippen LogP contribution in [0, 0.1) is 0 Å². The average molecular weight is 416 g/mol. The van der Waals surface area contributed by atoms with E-state index in [0.29, 0.717) is 12.3 Å². The minimum atomic E-state index is 0.0377. The Morgan fingerprint density at radius 2 is 1.87 bits per heavy atom. The van der Waals surface area contributed by atoms with E-state index in [2.05, 4.69) is 15.1 Å². The van der Waals surface area contributed by atoms with Gasteiger partial charge in [-0.25, -0.2) is 14.5 Å². The molecule has 5 rings (SSSR count). The Morgan fingerprint density at radius 1 is 1.00 bits per heavy atom. The largest absolute Gasteiger partial charge is 0.483 e. The van der Waals surface area contributed by atoms with E-state index in [9.17, 15) is 4.79 Å². The van der Waals surface area contributed by atoms with Crippen molar-refractivity contribution >= 4 is 11.6 Å². The van der Waals surface area contributed by atoms with Crippen molar-refractivity contribution in [2.24, 2.45) is 0 Å². The third-order valence-corrected chi connectivity index (χ3v) is 5.62. The summed E-state index contributed by atoms with van der Waals surface area (Å²) >= 11 is 0. The molecule has 0 radical (unpaired) electrons. The summed E-state index contributed by atoms with van der Waals surface area (Å²) in [5.74, 6) is 1.47. The molecule has 158 valence electrons. The number of carbonyl (C=O) groups is 1. The summed E-state index contributed by atoms with van der Waals surface area (Å²) < 4.78 is 9.84. The number of benzene rings is 1. The van der Waals surface area contributed by atoms with Gasteiger partial charge in [-0.2, -0.15) is 5.10 Å². The molecule has 0 bridgehead atoms. The van der Waals surface area contributed by atoms with Gasteiger partial charge < -0.3 is 14.2 Å². The Kier molecular flexibility index (Phi) is 5.35. The first-order chi connectivity index (χ1) is 15.3. The monoisotopic (exact) mass is 416 g/mol. The number of aromatic nitrogens is 5. The maximum absolute atomic E-state index is 12.5. The lowest BCUT2D eigenvalue weighted by molar-refractivity contribution is -0.134. The van der Waals surface area contributed by atoms with Gasteiger partial charge in [-0.15, -0.1) is 0 Å². The Labute approximate surface area is 180 Å². The Balaban J connectivity index is 1.37. The molecule has 0 saturated carbocycles. The molecule has 1 aliphatic rings. The first-order valence-electron chi connectivity index (χ1n) is 10.6. The number of pyridine rings is 1. The van der Waals surface area contributed by atoms with E-state index in [1.807, 2.05) is 62.6 Å². The fourth-order valence-electron chi connectivity index (χ4n) is 4.03.